The molecule has 2 aromatic carbocycles. The van der Waals surface area contributed by atoms with Crippen molar-refractivity contribution in [3.8, 4) is 28.1 Å². The Balaban J connectivity index is 1.82. The molecule has 0 radical (unpaired) electrons. The lowest BCUT2D eigenvalue weighted by atomic mass is 10.00. The number of benzene rings is 2. The van der Waals surface area contributed by atoms with Gasteiger partial charge in [0, 0.05) is 44.0 Å². The first kappa shape index (κ1) is 20.6. The molecule has 0 aliphatic carbocycles. The third-order valence-electron chi connectivity index (χ3n) is 4.97. The van der Waals surface area contributed by atoms with Gasteiger partial charge in [0.15, 0.2) is 5.65 Å². The fourth-order valence-electron chi connectivity index (χ4n) is 3.34. The van der Waals surface area contributed by atoms with Gasteiger partial charge in [-0.25, -0.2) is 9.97 Å². The zero-order chi connectivity index (χ0) is 21.8. The van der Waals surface area contributed by atoms with Crippen LogP contribution in [0, 0.1) is 0 Å². The van der Waals surface area contributed by atoms with Gasteiger partial charge >= 0.3 is 0 Å². The van der Waals surface area contributed by atoms with Gasteiger partial charge in [-0.3, -0.25) is 0 Å². The van der Waals surface area contributed by atoms with E-state index in [1.54, 1.807) is 13.3 Å². The van der Waals surface area contributed by atoms with Gasteiger partial charge in [0.25, 0.3) is 0 Å². The Bertz CT molecular complexity index is 1190. The van der Waals surface area contributed by atoms with E-state index in [0.29, 0.717) is 18.9 Å². The Kier molecular flexibility index (Phi) is 5.95. The largest absolute Gasteiger partial charge is 0.491 e. The van der Waals surface area contributed by atoms with Crippen LogP contribution in [-0.4, -0.2) is 49.4 Å². The van der Waals surface area contributed by atoms with Crippen LogP contribution in [0.15, 0.2) is 60.8 Å². The summed E-state index contributed by atoms with van der Waals surface area (Å²) < 4.78 is 10.9. The predicted octanol–water partition coefficient (Wildman–Crippen LogP) is 4.03. The van der Waals surface area contributed by atoms with E-state index in [2.05, 4.69) is 45.2 Å². The monoisotopic (exact) mass is 415 g/mol. The smallest absolute Gasteiger partial charge is 0.222 e. The standard InChI is InChI=1S/C24H25N5O2/c1-29(2)18-9-7-16(8-10-18)22-14-20(21-15-26-24(25)28-23(21)27-22)17-5-4-6-19(13-17)31-12-11-30-3/h4-10,13-15H,11-12H2,1-3H3,(H2,25,26,27,28). The van der Waals surface area contributed by atoms with Gasteiger partial charge in [-0.1, -0.05) is 24.3 Å². The lowest BCUT2D eigenvalue weighted by molar-refractivity contribution is 0.146. The molecule has 2 N–H and O–H groups in total. The minimum absolute atomic E-state index is 0.197. The average Bonchev–Trinajstić information content (AvgIpc) is 2.78. The molecule has 7 heteroatoms. The van der Waals surface area contributed by atoms with Crippen molar-refractivity contribution in [2.75, 3.05) is 45.1 Å². The molecule has 2 heterocycles. The zero-order valence-corrected chi connectivity index (χ0v) is 17.9. The van der Waals surface area contributed by atoms with Crippen molar-refractivity contribution in [3.63, 3.8) is 0 Å². The normalized spacial score (nSPS) is 10.9. The summed E-state index contributed by atoms with van der Waals surface area (Å²) in [5, 5.41) is 0.830. The number of fused-ring (bicyclic) bond motifs is 1. The minimum Gasteiger partial charge on any atom is -0.491 e. The topological polar surface area (TPSA) is 86.4 Å². The second-order valence-corrected chi connectivity index (χ2v) is 7.33. The first-order chi connectivity index (χ1) is 15.0. The molecule has 0 saturated heterocycles. The number of nitrogen functional groups attached to an aromatic ring is 1. The molecule has 0 bridgehead atoms. The second-order valence-electron chi connectivity index (χ2n) is 7.33. The van der Waals surface area contributed by atoms with Crippen LogP contribution in [0.1, 0.15) is 0 Å². The zero-order valence-electron chi connectivity index (χ0n) is 17.9. The molecule has 0 saturated carbocycles. The minimum atomic E-state index is 0.197. The van der Waals surface area contributed by atoms with Gasteiger partial charge in [-0.05, 0) is 41.5 Å². The lowest BCUT2D eigenvalue weighted by Crippen LogP contribution is -2.08. The van der Waals surface area contributed by atoms with Crippen molar-refractivity contribution in [3.05, 3.63) is 60.8 Å². The number of hydrogen-bond acceptors (Lipinski definition) is 7. The highest BCUT2D eigenvalue weighted by Crippen LogP contribution is 2.33. The van der Waals surface area contributed by atoms with Crippen LogP contribution >= 0.6 is 0 Å². The highest BCUT2D eigenvalue weighted by atomic mass is 16.5. The fourth-order valence-corrected chi connectivity index (χ4v) is 3.34. The first-order valence-corrected chi connectivity index (χ1v) is 9.98. The number of anilines is 2. The molecule has 0 fully saturated rings. The first-order valence-electron chi connectivity index (χ1n) is 9.98. The molecule has 0 aliphatic heterocycles. The van der Waals surface area contributed by atoms with E-state index in [1.807, 2.05) is 38.4 Å². The van der Waals surface area contributed by atoms with Crippen LogP contribution in [0.25, 0.3) is 33.4 Å². The van der Waals surface area contributed by atoms with E-state index in [9.17, 15) is 0 Å². The number of pyridine rings is 1. The van der Waals surface area contributed by atoms with E-state index in [0.717, 1.165) is 39.2 Å². The van der Waals surface area contributed by atoms with E-state index >= 15 is 0 Å². The van der Waals surface area contributed by atoms with E-state index < -0.39 is 0 Å². The van der Waals surface area contributed by atoms with E-state index in [-0.39, 0.29) is 5.95 Å². The van der Waals surface area contributed by atoms with Crippen molar-refractivity contribution in [1.82, 2.24) is 15.0 Å². The van der Waals surface area contributed by atoms with Crippen LogP contribution in [0.4, 0.5) is 11.6 Å². The van der Waals surface area contributed by atoms with Gasteiger partial charge in [0.1, 0.15) is 12.4 Å². The quantitative estimate of drug-likeness (QED) is 0.456. The Morgan fingerprint density at radius 1 is 0.935 bits per heavy atom. The summed E-state index contributed by atoms with van der Waals surface area (Å²) in [6.45, 7) is 1.02. The van der Waals surface area contributed by atoms with Gasteiger partial charge in [0.2, 0.25) is 5.95 Å². The van der Waals surface area contributed by atoms with Crippen LogP contribution in [0.2, 0.25) is 0 Å². The van der Waals surface area contributed by atoms with Gasteiger partial charge in [-0.2, -0.15) is 4.98 Å². The molecular formula is C24H25N5O2. The highest BCUT2D eigenvalue weighted by Gasteiger charge is 2.13. The number of nitrogens with zero attached hydrogens (tertiary/aromatic N) is 4. The third-order valence-corrected chi connectivity index (χ3v) is 4.97. The molecule has 2 aromatic heterocycles. The Hall–Kier alpha value is -3.71. The Morgan fingerprint density at radius 3 is 2.48 bits per heavy atom. The number of methoxy groups -OCH3 is 1. The number of ether oxygens (including phenoxy) is 2. The molecule has 158 valence electrons. The number of rotatable bonds is 7. The third kappa shape index (κ3) is 4.57. The number of aromatic nitrogens is 3. The van der Waals surface area contributed by atoms with Gasteiger partial charge in [-0.15, -0.1) is 0 Å². The maximum atomic E-state index is 5.85. The van der Waals surface area contributed by atoms with E-state index in [4.69, 9.17) is 20.2 Å². The molecule has 0 unspecified atom stereocenters. The molecule has 0 aliphatic rings. The Labute approximate surface area is 181 Å². The van der Waals surface area contributed by atoms with Crippen molar-refractivity contribution in [2.24, 2.45) is 0 Å². The number of nitrogens with two attached hydrogens (primary N) is 1. The highest BCUT2D eigenvalue weighted by molar-refractivity contribution is 5.95. The lowest BCUT2D eigenvalue weighted by Gasteiger charge is -2.14. The molecule has 0 amide bonds. The van der Waals surface area contributed by atoms with Crippen molar-refractivity contribution in [2.45, 2.75) is 0 Å². The summed E-state index contributed by atoms with van der Waals surface area (Å²) in [5.74, 6) is 0.968. The number of hydrogen-bond donors (Lipinski definition) is 1. The Morgan fingerprint density at radius 2 is 1.74 bits per heavy atom. The summed E-state index contributed by atoms with van der Waals surface area (Å²) in [7, 11) is 5.69. The summed E-state index contributed by atoms with van der Waals surface area (Å²) in [6.07, 6.45) is 1.72. The molecule has 31 heavy (non-hydrogen) atoms. The van der Waals surface area contributed by atoms with Crippen molar-refractivity contribution < 1.29 is 9.47 Å². The van der Waals surface area contributed by atoms with Crippen molar-refractivity contribution >= 4 is 22.7 Å². The SMILES string of the molecule is COCCOc1cccc(-c2cc(-c3ccc(N(C)C)cc3)nc3nc(N)ncc23)c1. The van der Waals surface area contributed by atoms with Crippen LogP contribution < -0.4 is 15.4 Å². The molecule has 4 rings (SSSR count). The van der Waals surface area contributed by atoms with Gasteiger partial charge < -0.3 is 20.1 Å². The molecule has 4 aromatic rings. The van der Waals surface area contributed by atoms with E-state index in [1.165, 1.54) is 0 Å². The molecule has 0 atom stereocenters. The summed E-state index contributed by atoms with van der Waals surface area (Å²) >= 11 is 0. The fraction of sp³-hybridized carbons (Fsp3) is 0.208. The predicted molar refractivity (Wildman–Crippen MR) is 124 cm³/mol. The molecule has 7 nitrogen and oxygen atoms in total. The summed E-state index contributed by atoms with van der Waals surface area (Å²) in [6, 6.07) is 18.2. The maximum Gasteiger partial charge on any atom is 0.222 e. The average molecular weight is 415 g/mol. The summed E-state index contributed by atoms with van der Waals surface area (Å²) in [5.41, 5.74) is 11.3. The molecular weight excluding hydrogens is 390 g/mol. The van der Waals surface area contributed by atoms with Crippen LogP contribution in [-0.2, 0) is 4.74 Å². The van der Waals surface area contributed by atoms with Crippen LogP contribution in [0.5, 0.6) is 5.75 Å². The van der Waals surface area contributed by atoms with Crippen molar-refractivity contribution in [1.29, 1.82) is 0 Å². The molecule has 0 spiro atoms. The van der Waals surface area contributed by atoms with Gasteiger partial charge in [0.05, 0.1) is 12.3 Å². The second kappa shape index (κ2) is 8.97. The maximum absolute atomic E-state index is 5.85. The van der Waals surface area contributed by atoms with Crippen LogP contribution in [0.3, 0.4) is 0 Å². The summed E-state index contributed by atoms with van der Waals surface area (Å²) in [4.78, 5) is 15.4.